The van der Waals surface area contributed by atoms with Crippen molar-refractivity contribution in [3.05, 3.63) is 18.7 Å². The van der Waals surface area contributed by atoms with Gasteiger partial charge in [-0.2, -0.15) is 0 Å². The van der Waals surface area contributed by atoms with Gasteiger partial charge in [0.2, 0.25) is 0 Å². The zero-order valence-corrected chi connectivity index (χ0v) is 12.6. The van der Waals surface area contributed by atoms with Gasteiger partial charge in [-0.05, 0) is 49.9 Å². The van der Waals surface area contributed by atoms with Crippen LogP contribution in [-0.2, 0) is 4.74 Å². The van der Waals surface area contributed by atoms with Crippen LogP contribution in [0.4, 0.5) is 4.79 Å². The van der Waals surface area contributed by atoms with E-state index < -0.39 is 11.7 Å². The Morgan fingerprint density at radius 1 is 1.27 bits per heavy atom. The van der Waals surface area contributed by atoms with Crippen molar-refractivity contribution in [2.45, 2.75) is 44.1 Å². The quantitative estimate of drug-likeness (QED) is 0.885. The summed E-state index contributed by atoms with van der Waals surface area (Å²) in [6, 6.07) is 0. The molecule has 0 saturated heterocycles. The van der Waals surface area contributed by atoms with E-state index in [0.717, 1.165) is 25.7 Å². The molecule has 4 aliphatic carbocycles. The number of hydrogen-bond donors (Lipinski definition) is 2. The summed E-state index contributed by atoms with van der Waals surface area (Å²) >= 11 is 0. The van der Waals surface area contributed by atoms with Crippen LogP contribution in [0.5, 0.6) is 0 Å². The standard InChI is InChI=1S/C16H22N2O4/c19-9-14-3-12-4-15(6-14,8-16(21,5-12)7-14)10-22-13(20)18-2-1-17-11-18/h1-2,11-12,19,21H,3-10H2. The molecule has 4 fully saturated rings. The monoisotopic (exact) mass is 306 g/mol. The number of carbonyl (C=O) groups is 1. The summed E-state index contributed by atoms with van der Waals surface area (Å²) in [7, 11) is 0. The van der Waals surface area contributed by atoms with E-state index in [9.17, 15) is 15.0 Å². The van der Waals surface area contributed by atoms with Crippen LogP contribution in [0.2, 0.25) is 0 Å². The van der Waals surface area contributed by atoms with Gasteiger partial charge in [0.15, 0.2) is 0 Å². The van der Waals surface area contributed by atoms with Gasteiger partial charge in [-0.15, -0.1) is 0 Å². The third kappa shape index (κ3) is 2.16. The number of rotatable bonds is 3. The Bertz CT molecular complexity index is 589. The lowest BCUT2D eigenvalue weighted by atomic mass is 9.43. The first kappa shape index (κ1) is 14.2. The van der Waals surface area contributed by atoms with Crippen molar-refractivity contribution in [2.75, 3.05) is 13.2 Å². The molecule has 4 unspecified atom stereocenters. The highest BCUT2D eigenvalue weighted by Crippen LogP contribution is 2.66. The van der Waals surface area contributed by atoms with Gasteiger partial charge >= 0.3 is 6.09 Å². The summed E-state index contributed by atoms with van der Waals surface area (Å²) in [4.78, 5) is 15.9. The van der Waals surface area contributed by atoms with E-state index in [2.05, 4.69) is 4.98 Å². The molecule has 1 heterocycles. The molecule has 0 amide bonds. The molecular weight excluding hydrogens is 284 g/mol. The second kappa shape index (κ2) is 4.55. The maximum atomic E-state index is 12.0. The van der Waals surface area contributed by atoms with Crippen molar-refractivity contribution in [1.82, 2.24) is 9.55 Å². The molecule has 0 aromatic carbocycles. The maximum absolute atomic E-state index is 12.0. The lowest BCUT2D eigenvalue weighted by Crippen LogP contribution is -2.62. The molecule has 6 nitrogen and oxygen atoms in total. The zero-order valence-electron chi connectivity index (χ0n) is 12.6. The minimum Gasteiger partial charge on any atom is -0.448 e. The molecule has 1 aromatic heterocycles. The summed E-state index contributed by atoms with van der Waals surface area (Å²) in [5.74, 6) is 0.431. The molecule has 0 spiro atoms. The van der Waals surface area contributed by atoms with Crippen LogP contribution in [-0.4, -0.2) is 44.7 Å². The Morgan fingerprint density at radius 3 is 2.73 bits per heavy atom. The van der Waals surface area contributed by atoms with Crippen molar-refractivity contribution in [1.29, 1.82) is 0 Å². The minimum atomic E-state index is -0.691. The Kier molecular flexibility index (Phi) is 2.94. The molecule has 5 rings (SSSR count). The number of aliphatic hydroxyl groups excluding tert-OH is 1. The fourth-order valence-corrected chi connectivity index (χ4v) is 5.78. The van der Waals surface area contributed by atoms with Crippen LogP contribution in [0.3, 0.4) is 0 Å². The zero-order chi connectivity index (χ0) is 15.4. The number of aliphatic hydroxyl groups is 2. The Labute approximate surface area is 129 Å². The topological polar surface area (TPSA) is 84.6 Å². The van der Waals surface area contributed by atoms with Crippen LogP contribution in [0.15, 0.2) is 18.7 Å². The predicted molar refractivity (Wildman–Crippen MR) is 77.1 cm³/mol. The lowest BCUT2D eigenvalue weighted by molar-refractivity contribution is -0.218. The summed E-state index contributed by atoms with van der Waals surface area (Å²) in [5.41, 5.74) is -1.06. The molecular formula is C16H22N2O4. The molecule has 2 N–H and O–H groups in total. The average Bonchev–Trinajstić information content (AvgIpc) is 2.96. The van der Waals surface area contributed by atoms with Crippen LogP contribution in [0.1, 0.15) is 38.5 Å². The highest BCUT2D eigenvalue weighted by atomic mass is 16.5. The van der Waals surface area contributed by atoms with Gasteiger partial charge in [0.25, 0.3) is 0 Å². The largest absolute Gasteiger partial charge is 0.448 e. The summed E-state index contributed by atoms with van der Waals surface area (Å²) < 4.78 is 6.81. The minimum absolute atomic E-state index is 0.114. The first-order valence-corrected chi connectivity index (χ1v) is 7.94. The highest BCUT2D eigenvalue weighted by Gasteiger charge is 2.63. The Morgan fingerprint density at radius 2 is 2.05 bits per heavy atom. The van der Waals surface area contributed by atoms with E-state index >= 15 is 0 Å². The Hall–Kier alpha value is -1.40. The summed E-state index contributed by atoms with van der Waals surface area (Å²) in [6.45, 7) is 0.424. The summed E-state index contributed by atoms with van der Waals surface area (Å²) in [6.07, 6.45) is 9.08. The number of imidazole rings is 1. The Balaban J connectivity index is 1.52. The second-order valence-corrected chi connectivity index (χ2v) is 7.92. The number of hydrogen-bond acceptors (Lipinski definition) is 5. The van der Waals surface area contributed by atoms with Gasteiger partial charge in [0.05, 0.1) is 12.2 Å². The average molecular weight is 306 g/mol. The molecule has 6 heteroatoms. The fourth-order valence-electron chi connectivity index (χ4n) is 5.78. The molecule has 22 heavy (non-hydrogen) atoms. The van der Waals surface area contributed by atoms with Gasteiger partial charge in [0, 0.05) is 24.4 Å². The van der Waals surface area contributed by atoms with Gasteiger partial charge in [0.1, 0.15) is 6.33 Å². The van der Waals surface area contributed by atoms with Crippen molar-refractivity contribution >= 4 is 6.09 Å². The third-order valence-corrected chi connectivity index (χ3v) is 5.82. The van der Waals surface area contributed by atoms with Crippen molar-refractivity contribution < 1.29 is 19.7 Å². The molecule has 4 atom stereocenters. The van der Waals surface area contributed by atoms with E-state index in [1.54, 1.807) is 6.20 Å². The van der Waals surface area contributed by atoms with Gasteiger partial charge in [-0.1, -0.05) is 0 Å². The SMILES string of the molecule is O=C(OCC12CC3CC(O)(CC(CO)(C3)C1)C2)n1ccnc1. The smallest absolute Gasteiger partial charge is 0.419 e. The van der Waals surface area contributed by atoms with Crippen molar-refractivity contribution in [3.8, 4) is 0 Å². The third-order valence-electron chi connectivity index (χ3n) is 5.82. The molecule has 4 aliphatic rings. The molecule has 0 aliphatic heterocycles. The van der Waals surface area contributed by atoms with Gasteiger partial charge < -0.3 is 14.9 Å². The predicted octanol–water partition coefficient (Wildman–Crippen LogP) is 1.56. The lowest BCUT2D eigenvalue weighted by Gasteiger charge is -2.64. The van der Waals surface area contributed by atoms with E-state index in [0.29, 0.717) is 25.4 Å². The number of carbonyl (C=O) groups excluding carboxylic acids is 1. The second-order valence-electron chi connectivity index (χ2n) is 7.92. The fraction of sp³-hybridized carbons (Fsp3) is 0.750. The van der Waals surface area contributed by atoms with Crippen LogP contribution >= 0.6 is 0 Å². The van der Waals surface area contributed by atoms with Crippen LogP contribution in [0.25, 0.3) is 0 Å². The van der Waals surface area contributed by atoms with Crippen molar-refractivity contribution in [2.24, 2.45) is 16.7 Å². The van der Waals surface area contributed by atoms with Gasteiger partial charge in [-0.3, -0.25) is 0 Å². The summed E-state index contributed by atoms with van der Waals surface area (Å²) in [5, 5.41) is 20.7. The molecule has 1 aromatic rings. The number of nitrogens with zero attached hydrogens (tertiary/aromatic N) is 2. The van der Waals surface area contributed by atoms with Crippen LogP contribution in [0, 0.1) is 16.7 Å². The first-order valence-electron chi connectivity index (χ1n) is 7.94. The van der Waals surface area contributed by atoms with E-state index in [1.165, 1.54) is 17.1 Å². The van der Waals surface area contributed by atoms with Gasteiger partial charge in [-0.25, -0.2) is 14.3 Å². The molecule has 4 saturated carbocycles. The first-order chi connectivity index (χ1) is 10.5. The number of ether oxygens (including phenoxy) is 1. The number of aromatic nitrogens is 2. The molecule has 120 valence electrons. The van der Waals surface area contributed by atoms with E-state index in [1.807, 2.05) is 0 Å². The molecule has 0 radical (unpaired) electrons. The maximum Gasteiger partial charge on any atom is 0.419 e. The molecule has 4 bridgehead atoms. The van der Waals surface area contributed by atoms with Crippen molar-refractivity contribution in [3.63, 3.8) is 0 Å². The van der Waals surface area contributed by atoms with Crippen LogP contribution < -0.4 is 0 Å². The normalized spacial score (nSPS) is 42.5. The highest BCUT2D eigenvalue weighted by molar-refractivity contribution is 5.70. The van der Waals surface area contributed by atoms with E-state index in [4.69, 9.17) is 4.74 Å². The van der Waals surface area contributed by atoms with E-state index in [-0.39, 0.29) is 17.4 Å².